The lowest BCUT2D eigenvalue weighted by molar-refractivity contribution is 0.0622. The van der Waals surface area contributed by atoms with Crippen molar-refractivity contribution in [2.24, 2.45) is 0 Å². The monoisotopic (exact) mass is 656 g/mol. The highest BCUT2D eigenvalue weighted by atomic mass is 35.5. The number of hydrogen-bond donors (Lipinski definition) is 2. The summed E-state index contributed by atoms with van der Waals surface area (Å²) in [6.07, 6.45) is 3.49. The molecule has 2 N–H and O–H groups in total. The highest BCUT2D eigenvalue weighted by Gasteiger charge is 2.25. The molecule has 5 aromatic rings. The zero-order valence-corrected chi connectivity index (χ0v) is 25.9. The van der Waals surface area contributed by atoms with Gasteiger partial charge in [0.1, 0.15) is 11.6 Å². The molecule has 9 nitrogen and oxygen atoms in total. The lowest BCUT2D eigenvalue weighted by atomic mass is 10.1. The molecule has 0 saturated carbocycles. The number of carbonyl (C=O) groups excluding carboxylic acids is 1. The number of nitrogens with zero attached hydrogens (tertiary/aromatic N) is 6. The summed E-state index contributed by atoms with van der Waals surface area (Å²) in [5.41, 5.74) is 1.81. The van der Waals surface area contributed by atoms with E-state index in [4.69, 9.17) is 23.2 Å². The largest absolute Gasteiger partial charge is 0.336 e. The van der Waals surface area contributed by atoms with Gasteiger partial charge in [-0.15, -0.1) is 34.3 Å². The summed E-state index contributed by atoms with van der Waals surface area (Å²) >= 11 is 14.5. The molecule has 1 aliphatic heterocycles. The van der Waals surface area contributed by atoms with Crippen LogP contribution in [0.2, 0.25) is 5.02 Å². The molecule has 5 heterocycles. The third kappa shape index (κ3) is 8.68. The van der Waals surface area contributed by atoms with Crippen LogP contribution in [-0.4, -0.2) is 61.8 Å². The van der Waals surface area contributed by atoms with Crippen LogP contribution in [0.3, 0.4) is 0 Å². The van der Waals surface area contributed by atoms with Crippen LogP contribution in [0, 0.1) is 5.82 Å². The summed E-state index contributed by atoms with van der Waals surface area (Å²) in [5.74, 6) is 0.974. The van der Waals surface area contributed by atoms with E-state index in [1.54, 1.807) is 23.4 Å². The second-order valence-electron chi connectivity index (χ2n) is 9.26. The molecule has 1 amide bonds. The van der Waals surface area contributed by atoms with E-state index in [0.29, 0.717) is 38.6 Å². The van der Waals surface area contributed by atoms with E-state index >= 15 is 0 Å². The van der Waals surface area contributed by atoms with Crippen molar-refractivity contribution >= 4 is 73.7 Å². The highest BCUT2D eigenvalue weighted by molar-refractivity contribution is 7.13. The molecule has 0 bridgehead atoms. The normalized spacial score (nSPS) is 13.2. The first-order valence-corrected chi connectivity index (χ1v) is 15.9. The topological polar surface area (TPSA) is 99.2 Å². The number of benzene rings is 1. The van der Waals surface area contributed by atoms with Gasteiger partial charge in [0.05, 0.1) is 27.9 Å². The fraction of sp³-hybridized carbons (Fsp3) is 0.207. The van der Waals surface area contributed by atoms with Crippen LogP contribution in [0.15, 0.2) is 77.8 Å². The maximum absolute atomic E-state index is 14.1. The summed E-state index contributed by atoms with van der Waals surface area (Å²) in [7, 11) is 0. The summed E-state index contributed by atoms with van der Waals surface area (Å²) in [6, 6.07) is 16.0. The number of anilines is 4. The second-order valence-corrected chi connectivity index (χ2v) is 11.7. The Morgan fingerprint density at radius 2 is 1.42 bits per heavy atom. The van der Waals surface area contributed by atoms with Gasteiger partial charge in [0, 0.05) is 55.9 Å². The van der Waals surface area contributed by atoms with Gasteiger partial charge in [-0.2, -0.15) is 0 Å². The van der Waals surface area contributed by atoms with E-state index in [0.717, 1.165) is 33.3 Å². The van der Waals surface area contributed by atoms with E-state index in [2.05, 4.69) is 35.5 Å². The van der Waals surface area contributed by atoms with Gasteiger partial charge in [-0.3, -0.25) is 9.69 Å². The minimum Gasteiger partial charge on any atom is -0.336 e. The Balaban J connectivity index is 0.000000220. The van der Waals surface area contributed by atoms with Crippen molar-refractivity contribution in [2.75, 3.05) is 36.8 Å². The number of alkyl halides is 1. The van der Waals surface area contributed by atoms with Crippen LogP contribution in [0.5, 0.6) is 0 Å². The summed E-state index contributed by atoms with van der Waals surface area (Å²) in [6.45, 7) is 3.13. The van der Waals surface area contributed by atoms with Gasteiger partial charge >= 0.3 is 0 Å². The molecule has 0 radical (unpaired) electrons. The zero-order valence-electron chi connectivity index (χ0n) is 22.8. The SMILES string of the molecule is ClCc1cccc(Nc2nccs2)n1.O=C(c1cccc(Cl)c1F)N1CCN(Cc2cccc(Nc3nccs3)n2)CC1. The Morgan fingerprint density at radius 3 is 2.00 bits per heavy atom. The molecule has 1 saturated heterocycles. The first kappa shape index (κ1) is 30.8. The van der Waals surface area contributed by atoms with Crippen molar-refractivity contribution in [1.29, 1.82) is 0 Å². The molecule has 222 valence electrons. The van der Waals surface area contributed by atoms with Gasteiger partial charge in [0.2, 0.25) is 0 Å². The fourth-order valence-corrected chi connectivity index (χ4v) is 5.62. The smallest absolute Gasteiger partial charge is 0.256 e. The third-order valence-electron chi connectivity index (χ3n) is 6.31. The molecule has 0 spiro atoms. The second kappa shape index (κ2) is 15.2. The first-order chi connectivity index (χ1) is 21.0. The number of nitrogens with one attached hydrogen (secondary N) is 2. The van der Waals surface area contributed by atoms with Gasteiger partial charge in [0.15, 0.2) is 16.1 Å². The van der Waals surface area contributed by atoms with E-state index in [9.17, 15) is 9.18 Å². The number of piperazine rings is 1. The van der Waals surface area contributed by atoms with Crippen molar-refractivity contribution in [1.82, 2.24) is 29.7 Å². The van der Waals surface area contributed by atoms with Crippen molar-refractivity contribution in [3.05, 3.63) is 106 Å². The Kier molecular flexibility index (Phi) is 10.9. The number of pyridine rings is 2. The number of hydrogen-bond acceptors (Lipinski definition) is 10. The van der Waals surface area contributed by atoms with Crippen molar-refractivity contribution < 1.29 is 9.18 Å². The van der Waals surface area contributed by atoms with Gasteiger partial charge in [-0.05, 0) is 36.4 Å². The predicted octanol–water partition coefficient (Wildman–Crippen LogP) is 7.05. The minimum atomic E-state index is -0.657. The molecule has 6 rings (SSSR count). The fourth-order valence-electron chi connectivity index (χ4n) is 4.23. The van der Waals surface area contributed by atoms with Gasteiger partial charge in [-0.25, -0.2) is 24.3 Å². The standard InChI is InChI=1S/C20H19ClFN5OS.C9H8ClN3S/c21-16-5-2-4-15(18(16)22)19(28)27-10-8-26(9-11-27)13-14-3-1-6-17(24-14)25-20-23-7-12-29-20;10-6-7-2-1-3-8(12-7)13-9-11-4-5-14-9/h1-7,12H,8-11,13H2,(H,23,24,25);1-5H,6H2,(H,11,12,13). The highest BCUT2D eigenvalue weighted by Crippen LogP contribution is 2.21. The number of thiazole rings is 2. The Labute approximate surface area is 266 Å². The van der Waals surface area contributed by atoms with E-state index in [1.165, 1.54) is 34.8 Å². The molecule has 0 unspecified atom stereocenters. The van der Waals surface area contributed by atoms with Crippen molar-refractivity contribution in [3.63, 3.8) is 0 Å². The molecular formula is C29H27Cl2FN8OS2. The maximum atomic E-state index is 14.1. The minimum absolute atomic E-state index is 0.0218. The van der Waals surface area contributed by atoms with Crippen LogP contribution in [-0.2, 0) is 12.4 Å². The lowest BCUT2D eigenvalue weighted by Crippen LogP contribution is -2.48. The van der Waals surface area contributed by atoms with E-state index < -0.39 is 5.82 Å². The van der Waals surface area contributed by atoms with Gasteiger partial charge < -0.3 is 15.5 Å². The maximum Gasteiger partial charge on any atom is 0.256 e. The molecule has 1 aliphatic rings. The van der Waals surface area contributed by atoms with Crippen LogP contribution >= 0.6 is 45.9 Å². The summed E-state index contributed by atoms with van der Waals surface area (Å²) < 4.78 is 14.1. The lowest BCUT2D eigenvalue weighted by Gasteiger charge is -2.34. The quantitative estimate of drug-likeness (QED) is 0.171. The average Bonchev–Trinajstić information content (AvgIpc) is 3.74. The van der Waals surface area contributed by atoms with Crippen molar-refractivity contribution in [2.45, 2.75) is 12.4 Å². The number of carbonyl (C=O) groups is 1. The number of halogens is 3. The van der Waals surface area contributed by atoms with Crippen LogP contribution in [0.4, 0.5) is 26.3 Å². The van der Waals surface area contributed by atoms with E-state index in [-0.39, 0.29) is 16.5 Å². The Bertz CT molecular complexity index is 1620. The molecule has 1 aromatic carbocycles. The average molecular weight is 658 g/mol. The Morgan fingerprint density at radius 1 is 0.837 bits per heavy atom. The van der Waals surface area contributed by atoms with Crippen LogP contribution in [0.25, 0.3) is 0 Å². The molecule has 0 atom stereocenters. The summed E-state index contributed by atoms with van der Waals surface area (Å²) in [5, 5.41) is 11.7. The molecule has 14 heteroatoms. The zero-order chi connectivity index (χ0) is 30.0. The Hall–Kier alpha value is -3.68. The van der Waals surface area contributed by atoms with Crippen LogP contribution in [0.1, 0.15) is 21.7 Å². The van der Waals surface area contributed by atoms with Gasteiger partial charge in [-0.1, -0.05) is 29.8 Å². The molecule has 4 aromatic heterocycles. The van der Waals surface area contributed by atoms with Crippen molar-refractivity contribution in [3.8, 4) is 0 Å². The van der Waals surface area contributed by atoms with Gasteiger partial charge in [0.25, 0.3) is 5.91 Å². The molecule has 0 aliphatic carbocycles. The predicted molar refractivity (Wildman–Crippen MR) is 171 cm³/mol. The number of amides is 1. The van der Waals surface area contributed by atoms with E-state index in [1.807, 2.05) is 47.2 Å². The molecule has 1 fully saturated rings. The number of aromatic nitrogens is 4. The molecule has 43 heavy (non-hydrogen) atoms. The number of rotatable bonds is 8. The third-order valence-corrected chi connectivity index (χ3v) is 8.25. The van der Waals surface area contributed by atoms with Crippen LogP contribution < -0.4 is 10.6 Å². The molecular weight excluding hydrogens is 630 g/mol. The summed E-state index contributed by atoms with van der Waals surface area (Å²) in [4.78, 5) is 33.7. The first-order valence-electron chi connectivity index (χ1n) is 13.2.